The monoisotopic (exact) mass is 184 g/mol. The molecule has 8 heavy (non-hydrogen) atoms. The quantitative estimate of drug-likeness (QED) is 0.508. The Kier molecular flexibility index (Phi) is 8.44. The van der Waals surface area contributed by atoms with E-state index in [4.69, 9.17) is 0 Å². The van der Waals surface area contributed by atoms with E-state index in [1.807, 2.05) is 0 Å². The summed E-state index contributed by atoms with van der Waals surface area (Å²) in [6.07, 6.45) is 0. The lowest BCUT2D eigenvalue weighted by Crippen LogP contribution is -1.83. The summed E-state index contributed by atoms with van der Waals surface area (Å²) in [5, 5.41) is 0. The molecule has 0 saturated carbocycles. The molecule has 0 aliphatic rings. The van der Waals surface area contributed by atoms with Crippen molar-refractivity contribution in [1.82, 2.24) is 0 Å². The first-order chi connectivity index (χ1) is 3.41. The normalized spacial score (nSPS) is 9.75. The van der Waals surface area contributed by atoms with Gasteiger partial charge < -0.3 is 0 Å². The lowest BCUT2D eigenvalue weighted by atomic mass is 10.9. The minimum absolute atomic E-state index is 0.250. The third-order valence-electron chi connectivity index (χ3n) is 0. The molecule has 0 aromatic carbocycles. The molecule has 0 aromatic rings. The smallest absolute Gasteiger partial charge is 0.251 e. The van der Waals surface area contributed by atoms with Crippen LogP contribution in [0.3, 0.4) is 0 Å². The van der Waals surface area contributed by atoms with Crippen LogP contribution in [0.4, 0.5) is 8.78 Å². The average molecular weight is 185 g/mol. The molecule has 0 amide bonds. The Labute approximate surface area is 61.7 Å². The van der Waals surface area contributed by atoms with Crippen molar-refractivity contribution in [3.63, 3.8) is 0 Å². The van der Waals surface area contributed by atoms with Crippen LogP contribution < -0.4 is 0 Å². The molecule has 0 atom stereocenters. The summed E-state index contributed by atoms with van der Waals surface area (Å²) in [4.78, 5) is 0. The first-order valence-electron chi connectivity index (χ1n) is 1.73. The molecule has 52 valence electrons. The Bertz CT molecular complexity index is 36.3. The van der Waals surface area contributed by atoms with Crippen LogP contribution in [-0.2, 0) is 0 Å². The van der Waals surface area contributed by atoms with Crippen molar-refractivity contribution in [3.8, 4) is 0 Å². The van der Waals surface area contributed by atoms with Crippen LogP contribution in [0.25, 0.3) is 0 Å². The van der Waals surface area contributed by atoms with Gasteiger partial charge in [-0.25, -0.2) is 0 Å². The van der Waals surface area contributed by atoms with Gasteiger partial charge in [-0.1, -0.05) is 0 Å². The first kappa shape index (κ1) is 11.5. The van der Waals surface area contributed by atoms with Crippen molar-refractivity contribution in [3.05, 3.63) is 0 Å². The molecule has 0 heterocycles. The van der Waals surface area contributed by atoms with Crippen molar-refractivity contribution < 1.29 is 8.78 Å². The van der Waals surface area contributed by atoms with E-state index in [-0.39, 0.29) is 6.67 Å². The Morgan fingerprint density at radius 2 is 1.38 bits per heavy atom. The fourth-order valence-electron chi connectivity index (χ4n) is 0. The van der Waals surface area contributed by atoms with Crippen molar-refractivity contribution in [2.75, 3.05) is 6.67 Å². The topological polar surface area (TPSA) is 0 Å². The lowest BCUT2D eigenvalue weighted by Gasteiger charge is -1.89. The Balaban J connectivity index is 0. The van der Waals surface area contributed by atoms with Gasteiger partial charge >= 0.3 is 4.05 Å². The minimum atomic E-state index is -2.58. The van der Waals surface area contributed by atoms with E-state index < -0.39 is 4.05 Å². The maximum Gasteiger partial charge on any atom is 0.333 e. The Hall–Kier alpha value is 0.730. The van der Waals surface area contributed by atoms with E-state index in [1.54, 1.807) is 0 Å². The zero-order valence-electron chi connectivity index (χ0n) is 4.10. The number of alkyl halides is 5. The number of hydrogen-bond acceptors (Lipinski definition) is 0. The van der Waals surface area contributed by atoms with Gasteiger partial charge in [0, 0.05) is 0 Å². The molecule has 0 bridgehead atoms. The highest BCUT2D eigenvalue weighted by Crippen LogP contribution is 2.26. The van der Waals surface area contributed by atoms with Crippen LogP contribution in [0.15, 0.2) is 0 Å². The molecule has 0 rings (SSSR count). The SMILES string of the molecule is CCF.FC(Cl)(Cl)Cl. The number of hydrogen-bond donors (Lipinski definition) is 0. The summed E-state index contributed by atoms with van der Waals surface area (Å²) < 4.78 is 18.7. The van der Waals surface area contributed by atoms with Crippen molar-refractivity contribution in [2.45, 2.75) is 11.0 Å². The van der Waals surface area contributed by atoms with Gasteiger partial charge in [-0.15, -0.1) is 0 Å². The number of rotatable bonds is 0. The molecule has 0 aromatic heterocycles. The highest BCUT2D eigenvalue weighted by atomic mass is 35.6. The first-order valence-corrected chi connectivity index (χ1v) is 2.86. The summed E-state index contributed by atoms with van der Waals surface area (Å²) in [5.41, 5.74) is 0. The second-order valence-corrected chi connectivity index (χ2v) is 2.84. The maximum absolute atomic E-state index is 11.0. The predicted molar refractivity (Wildman–Crippen MR) is 33.0 cm³/mol. The molecule has 0 N–H and O–H groups in total. The van der Waals surface area contributed by atoms with Crippen LogP contribution in [0.2, 0.25) is 0 Å². The molecule has 0 unspecified atom stereocenters. The molecule has 5 heteroatoms. The highest BCUT2D eigenvalue weighted by molar-refractivity contribution is 6.66. The van der Waals surface area contributed by atoms with Crippen LogP contribution in [0, 0.1) is 0 Å². The van der Waals surface area contributed by atoms with Crippen LogP contribution in [-0.4, -0.2) is 10.7 Å². The van der Waals surface area contributed by atoms with Gasteiger partial charge in [-0.2, -0.15) is 4.39 Å². The maximum atomic E-state index is 11.0. The minimum Gasteiger partial charge on any atom is -0.251 e. The molecular weight excluding hydrogens is 180 g/mol. The summed E-state index contributed by atoms with van der Waals surface area (Å²) >= 11 is 13.2. The zero-order chi connectivity index (χ0) is 7.21. The second kappa shape index (κ2) is 5.86. The van der Waals surface area contributed by atoms with Gasteiger partial charge in [0.2, 0.25) is 0 Å². The van der Waals surface area contributed by atoms with E-state index in [0.717, 1.165) is 0 Å². The fraction of sp³-hybridized carbons (Fsp3) is 1.00. The van der Waals surface area contributed by atoms with Crippen molar-refractivity contribution >= 4 is 34.8 Å². The van der Waals surface area contributed by atoms with Gasteiger partial charge in [0.05, 0.1) is 6.67 Å². The van der Waals surface area contributed by atoms with Gasteiger partial charge in [0.25, 0.3) is 0 Å². The van der Waals surface area contributed by atoms with Crippen molar-refractivity contribution in [1.29, 1.82) is 0 Å². The molecule has 0 spiro atoms. The summed E-state index contributed by atoms with van der Waals surface area (Å²) in [5.74, 6) is 0. The predicted octanol–water partition coefficient (Wildman–Crippen LogP) is 3.26. The van der Waals surface area contributed by atoms with Crippen molar-refractivity contribution in [2.24, 2.45) is 0 Å². The third-order valence-corrected chi connectivity index (χ3v) is 0. The van der Waals surface area contributed by atoms with Crippen LogP contribution in [0.5, 0.6) is 0 Å². The summed E-state index contributed by atoms with van der Waals surface area (Å²) in [7, 11) is 0. The van der Waals surface area contributed by atoms with Gasteiger partial charge in [-0.05, 0) is 41.7 Å². The fourth-order valence-corrected chi connectivity index (χ4v) is 0. The number of halogens is 5. The Morgan fingerprint density at radius 1 is 1.38 bits per heavy atom. The van der Waals surface area contributed by atoms with Gasteiger partial charge in [0.15, 0.2) is 0 Å². The van der Waals surface area contributed by atoms with E-state index in [1.165, 1.54) is 6.92 Å². The molecule has 0 aliphatic carbocycles. The molecule has 0 saturated heterocycles. The Morgan fingerprint density at radius 3 is 1.38 bits per heavy atom. The molecular formula is C3H5Cl3F2. The molecule has 0 fully saturated rings. The standard InChI is InChI=1S/C2H5F.CCl3F/c1-2-3;2-1(3,4)5/h2H2,1H3;. The van der Waals surface area contributed by atoms with E-state index >= 15 is 0 Å². The van der Waals surface area contributed by atoms with Crippen LogP contribution in [0.1, 0.15) is 6.92 Å². The van der Waals surface area contributed by atoms with Gasteiger partial charge in [-0.3, -0.25) is 4.39 Å². The average Bonchev–Trinajstić information content (AvgIpc) is 1.27. The largest absolute Gasteiger partial charge is 0.333 e. The molecule has 0 radical (unpaired) electrons. The van der Waals surface area contributed by atoms with Crippen LogP contribution >= 0.6 is 34.8 Å². The zero-order valence-corrected chi connectivity index (χ0v) is 6.36. The summed E-state index contributed by atoms with van der Waals surface area (Å²) in [6.45, 7) is 1.21. The highest BCUT2D eigenvalue weighted by Gasteiger charge is 2.14. The van der Waals surface area contributed by atoms with E-state index in [0.29, 0.717) is 0 Å². The summed E-state index contributed by atoms with van der Waals surface area (Å²) in [6, 6.07) is 0. The van der Waals surface area contributed by atoms with E-state index in [2.05, 4.69) is 34.8 Å². The molecule has 0 aliphatic heterocycles. The second-order valence-electron chi connectivity index (χ2n) is 0.696. The van der Waals surface area contributed by atoms with E-state index in [9.17, 15) is 8.78 Å². The van der Waals surface area contributed by atoms with Gasteiger partial charge in [0.1, 0.15) is 0 Å². The molecule has 0 nitrogen and oxygen atoms in total. The third kappa shape index (κ3) is 415. The lowest BCUT2D eigenvalue weighted by molar-refractivity contribution is 0.507.